The average Bonchev–Trinajstić information content (AvgIpc) is 3.15. The average molecular weight is 792 g/mol. The van der Waals surface area contributed by atoms with Crippen LogP contribution in [-0.4, -0.2) is 244 Å². The van der Waals surface area contributed by atoms with Crippen molar-refractivity contribution in [1.82, 2.24) is 5.32 Å². The fourth-order valence-electron chi connectivity index (χ4n) is 7.22. The zero-order valence-corrected chi connectivity index (χ0v) is 29.1. The summed E-state index contributed by atoms with van der Waals surface area (Å²) in [5.41, 5.74) is -0.0533. The van der Waals surface area contributed by atoms with Crippen LogP contribution >= 0.6 is 0 Å². The van der Waals surface area contributed by atoms with Crippen LogP contribution in [0.3, 0.4) is 0 Å². The van der Waals surface area contributed by atoms with Crippen LogP contribution in [-0.2, 0) is 33.2 Å². The largest absolute Gasteiger partial charge is 0.394 e. The van der Waals surface area contributed by atoms with Gasteiger partial charge in [-0.05, 0) is 19.4 Å². The van der Waals surface area contributed by atoms with E-state index in [0.717, 1.165) is 0 Å². The van der Waals surface area contributed by atoms with E-state index in [0.29, 0.717) is 0 Å². The molecule has 0 aromatic heterocycles. The Bertz CT molecular complexity index is 1230. The highest BCUT2D eigenvalue weighted by Gasteiger charge is 2.54. The van der Waals surface area contributed by atoms with Crippen LogP contribution in [0.4, 0.5) is 0 Å². The van der Waals surface area contributed by atoms with E-state index in [1.807, 2.05) is 0 Å². The lowest BCUT2D eigenvalue weighted by atomic mass is 9.86. The third kappa shape index (κ3) is 8.64. The highest BCUT2D eigenvalue weighted by Crippen LogP contribution is 2.34. The minimum atomic E-state index is -1.90. The van der Waals surface area contributed by atoms with Gasteiger partial charge >= 0.3 is 0 Å². The molecule has 5 rings (SSSR count). The van der Waals surface area contributed by atoms with Crippen molar-refractivity contribution < 1.29 is 110 Å². The molecule has 4 fully saturated rings. The SMILES string of the molecule is C[C@H]1O[C@H](O[C@H]2[C@H](O)[C@@H](O)[C@@H](N[C@H]3C=C(CO)[C@@H](O[C@H]4[C@H](O)[C@@H](O)[C@@H](O[C@H]5[C@H](O)[C@@H](O)[C@H](O)O[C@@H]5CO)O[C@@H]4C)[C@H](O)[C@H]3O)O[C@@H]2CO)[C@H](O)[C@@H](O)[C@@H]1O. The van der Waals surface area contributed by atoms with Crippen LogP contribution in [0.2, 0.25) is 0 Å². The molecule has 0 spiro atoms. The standard InChI is InChI=1S/C31H53NO22/c1-7-13(36)15(38)22(45)30(48-7)53-26-11(5-34)50-28(20(43)17(26)40)32-10-3-9(4-33)25(16(39)14(10)37)52-24-8(2)49-31(23(46)19(24)42)54-27-12(6-35)51-29(47)21(44)18(27)41/h3,7-8,10-47H,4-6H2,1-2H3/t7-,8-,10+,11-,12-,13-,14+,15+,16-,17-,18-,19-,20-,21-,22-,23-,24-,25-,26-,27-,28+,29-,30-,31-/m1/s1. The zero-order chi connectivity index (χ0) is 39.9. The lowest BCUT2D eigenvalue weighted by Gasteiger charge is -2.48. The summed E-state index contributed by atoms with van der Waals surface area (Å²) in [5.74, 6) is 0. The molecular formula is C31H53NO22. The topological polar surface area (TPSA) is 380 Å². The number of rotatable bonds is 11. The predicted molar refractivity (Wildman–Crippen MR) is 169 cm³/mol. The number of nitrogens with one attached hydrogen (secondary N) is 1. The quantitative estimate of drug-likeness (QED) is 0.0864. The van der Waals surface area contributed by atoms with Crippen molar-refractivity contribution in [3.8, 4) is 0 Å². The van der Waals surface area contributed by atoms with E-state index in [4.69, 9.17) is 33.2 Å². The van der Waals surface area contributed by atoms with Gasteiger partial charge in [-0.3, -0.25) is 5.32 Å². The number of aliphatic hydroxyl groups excluding tert-OH is 15. The minimum absolute atomic E-state index is 0.0533. The molecule has 0 aromatic rings. The van der Waals surface area contributed by atoms with Gasteiger partial charge in [-0.25, -0.2) is 0 Å². The van der Waals surface area contributed by atoms with Gasteiger partial charge in [0, 0.05) is 0 Å². The fraction of sp³-hybridized carbons (Fsp3) is 0.935. The normalized spacial score (nSPS) is 53.2. The highest BCUT2D eigenvalue weighted by molar-refractivity contribution is 5.23. The molecule has 314 valence electrons. The fourth-order valence-corrected chi connectivity index (χ4v) is 7.22. The van der Waals surface area contributed by atoms with Gasteiger partial charge in [-0.15, -0.1) is 0 Å². The molecule has 5 aliphatic rings. The lowest BCUT2D eigenvalue weighted by molar-refractivity contribution is -0.356. The Morgan fingerprint density at radius 3 is 1.61 bits per heavy atom. The predicted octanol–water partition coefficient (Wildman–Crippen LogP) is -9.71. The molecule has 4 aliphatic heterocycles. The van der Waals surface area contributed by atoms with Gasteiger partial charge in [0.15, 0.2) is 18.9 Å². The van der Waals surface area contributed by atoms with Crippen LogP contribution in [0, 0.1) is 0 Å². The van der Waals surface area contributed by atoms with Crippen molar-refractivity contribution in [2.45, 2.75) is 161 Å². The number of hydrogen-bond acceptors (Lipinski definition) is 23. The number of aliphatic hydroxyl groups is 15. The molecule has 0 amide bonds. The molecule has 0 aromatic carbocycles. The van der Waals surface area contributed by atoms with Crippen molar-refractivity contribution in [2.75, 3.05) is 19.8 Å². The summed E-state index contributed by atoms with van der Waals surface area (Å²) in [6.07, 6.45) is -36.0. The van der Waals surface area contributed by atoms with Crippen LogP contribution in [0.25, 0.3) is 0 Å². The lowest BCUT2D eigenvalue weighted by Crippen LogP contribution is -2.68. The van der Waals surface area contributed by atoms with E-state index in [2.05, 4.69) is 5.32 Å². The van der Waals surface area contributed by atoms with Crippen molar-refractivity contribution in [2.24, 2.45) is 0 Å². The monoisotopic (exact) mass is 791 g/mol. The van der Waals surface area contributed by atoms with Crippen molar-refractivity contribution in [3.05, 3.63) is 11.6 Å². The summed E-state index contributed by atoms with van der Waals surface area (Å²) in [5, 5.41) is 159. The summed E-state index contributed by atoms with van der Waals surface area (Å²) < 4.78 is 38.8. The maximum Gasteiger partial charge on any atom is 0.187 e. The maximum atomic E-state index is 11.2. The van der Waals surface area contributed by atoms with Crippen molar-refractivity contribution in [1.29, 1.82) is 0 Å². The Balaban J connectivity index is 1.24. The van der Waals surface area contributed by atoms with E-state index in [-0.39, 0.29) is 5.57 Å². The molecule has 54 heavy (non-hydrogen) atoms. The Labute approximate surface area is 307 Å². The first-order valence-corrected chi connectivity index (χ1v) is 17.5. The Kier molecular flexibility index (Phi) is 14.8. The minimum Gasteiger partial charge on any atom is -0.394 e. The van der Waals surface area contributed by atoms with E-state index < -0.39 is 167 Å². The van der Waals surface area contributed by atoms with E-state index in [1.165, 1.54) is 19.9 Å². The summed E-state index contributed by atoms with van der Waals surface area (Å²) in [6, 6.07) is -1.31. The zero-order valence-electron chi connectivity index (χ0n) is 29.1. The molecule has 0 unspecified atom stereocenters. The molecule has 0 saturated carbocycles. The van der Waals surface area contributed by atoms with E-state index in [9.17, 15) is 76.6 Å². The van der Waals surface area contributed by atoms with Crippen molar-refractivity contribution in [3.63, 3.8) is 0 Å². The summed E-state index contributed by atoms with van der Waals surface area (Å²) in [6.45, 7) is 0.437. The van der Waals surface area contributed by atoms with Crippen LogP contribution < -0.4 is 5.32 Å². The Morgan fingerprint density at radius 2 is 1.04 bits per heavy atom. The summed E-state index contributed by atoms with van der Waals surface area (Å²) in [4.78, 5) is 0. The molecule has 0 bridgehead atoms. The molecule has 23 nitrogen and oxygen atoms in total. The third-order valence-electron chi connectivity index (χ3n) is 10.5. The summed E-state index contributed by atoms with van der Waals surface area (Å²) >= 11 is 0. The van der Waals surface area contributed by atoms with Gasteiger partial charge in [-0.2, -0.15) is 0 Å². The second-order valence-electron chi connectivity index (χ2n) is 14.2. The van der Waals surface area contributed by atoms with Crippen LogP contribution in [0.1, 0.15) is 13.8 Å². The Morgan fingerprint density at radius 1 is 0.519 bits per heavy atom. The highest BCUT2D eigenvalue weighted by atomic mass is 16.7. The molecule has 23 heteroatoms. The van der Waals surface area contributed by atoms with Crippen LogP contribution in [0.5, 0.6) is 0 Å². The molecule has 4 saturated heterocycles. The van der Waals surface area contributed by atoms with Crippen LogP contribution in [0.15, 0.2) is 11.6 Å². The molecule has 0 radical (unpaired) electrons. The van der Waals surface area contributed by atoms with Gasteiger partial charge in [0.1, 0.15) is 110 Å². The Hall–Kier alpha value is -1.18. The van der Waals surface area contributed by atoms with E-state index >= 15 is 0 Å². The molecule has 24 atom stereocenters. The number of ether oxygens (including phenoxy) is 7. The second kappa shape index (κ2) is 18.2. The smallest absolute Gasteiger partial charge is 0.187 e. The first-order valence-electron chi connectivity index (χ1n) is 17.5. The number of hydrogen-bond donors (Lipinski definition) is 16. The van der Waals surface area contributed by atoms with Gasteiger partial charge < -0.3 is 110 Å². The molecule has 4 heterocycles. The summed E-state index contributed by atoms with van der Waals surface area (Å²) in [7, 11) is 0. The second-order valence-corrected chi connectivity index (χ2v) is 14.2. The first kappa shape index (κ1) is 43.9. The van der Waals surface area contributed by atoms with E-state index in [1.54, 1.807) is 0 Å². The third-order valence-corrected chi connectivity index (χ3v) is 10.5. The first-order chi connectivity index (χ1) is 25.4. The van der Waals surface area contributed by atoms with Gasteiger partial charge in [0.25, 0.3) is 0 Å². The van der Waals surface area contributed by atoms with Gasteiger partial charge in [0.05, 0.1) is 38.1 Å². The molecule has 16 N–H and O–H groups in total. The molecular weight excluding hydrogens is 738 g/mol. The molecule has 1 aliphatic carbocycles. The van der Waals surface area contributed by atoms with Gasteiger partial charge in [-0.1, -0.05) is 6.08 Å². The van der Waals surface area contributed by atoms with Crippen molar-refractivity contribution >= 4 is 0 Å². The van der Waals surface area contributed by atoms with Gasteiger partial charge in [0.2, 0.25) is 0 Å². The maximum absolute atomic E-state index is 11.2.